The van der Waals surface area contributed by atoms with Crippen LogP contribution < -0.4 is 11.1 Å². The van der Waals surface area contributed by atoms with E-state index in [1.165, 1.54) is 0 Å². The third-order valence-electron chi connectivity index (χ3n) is 3.66. The largest absolute Gasteiger partial charge is 0.363 e. The fourth-order valence-electron chi connectivity index (χ4n) is 2.37. The molecule has 1 unspecified atom stereocenters. The predicted molar refractivity (Wildman–Crippen MR) is 96.5 cm³/mol. The maximum atomic E-state index is 12.7. The maximum absolute atomic E-state index is 12.7. The fourth-order valence-corrected chi connectivity index (χ4v) is 2.92. The molecule has 0 fully saturated rings. The molecule has 3 aromatic heterocycles. The topological polar surface area (TPSA) is 141 Å². The summed E-state index contributed by atoms with van der Waals surface area (Å²) in [6.45, 7) is 0. The van der Waals surface area contributed by atoms with Gasteiger partial charge in [-0.1, -0.05) is 6.07 Å². The van der Waals surface area contributed by atoms with E-state index in [9.17, 15) is 14.4 Å². The van der Waals surface area contributed by atoms with E-state index < -0.39 is 23.6 Å². The molecule has 3 aromatic rings. The van der Waals surface area contributed by atoms with Gasteiger partial charge in [-0.15, -0.1) is 0 Å². The van der Waals surface area contributed by atoms with Crippen LogP contribution in [0.3, 0.4) is 0 Å². The second kappa shape index (κ2) is 8.23. The van der Waals surface area contributed by atoms with E-state index in [0.29, 0.717) is 17.0 Å². The van der Waals surface area contributed by atoms with Gasteiger partial charge < -0.3 is 11.1 Å². The number of hydrogen-bond acceptors (Lipinski definition) is 8. The number of rotatable bonds is 7. The Morgan fingerprint density at radius 3 is 2.52 bits per heavy atom. The number of aromatic nitrogens is 4. The minimum Gasteiger partial charge on any atom is -0.363 e. The molecule has 3 N–H and O–H groups in total. The Hall–Kier alpha value is -3.53. The molecule has 3 rings (SSSR count). The standard InChI is InChI=1S/C17H14N6O3S/c18-16(25)15(24)12(9-10-4-7-19-8-5-10)21-17(26)14-13(22-27-23-14)11-3-1-2-6-20-11/h1-8,12H,9H2,(H2,18,25)(H,21,26). The van der Waals surface area contributed by atoms with Gasteiger partial charge in [0.25, 0.3) is 11.8 Å². The SMILES string of the molecule is NC(=O)C(=O)C(Cc1ccncc1)NC(=O)c1nsnc1-c1ccccn1. The molecule has 0 aliphatic heterocycles. The Bertz CT molecular complexity index is 961. The summed E-state index contributed by atoms with van der Waals surface area (Å²) >= 11 is 0.849. The molecule has 136 valence electrons. The van der Waals surface area contributed by atoms with Gasteiger partial charge in [-0.05, 0) is 29.8 Å². The molecule has 0 aromatic carbocycles. The zero-order chi connectivity index (χ0) is 19.2. The number of carbonyl (C=O) groups is 3. The average Bonchev–Trinajstić information content (AvgIpc) is 3.18. The molecule has 3 heterocycles. The first-order valence-corrected chi connectivity index (χ1v) is 8.56. The predicted octanol–water partition coefficient (Wildman–Crippen LogP) is 0.391. The van der Waals surface area contributed by atoms with Crippen LogP contribution in [0.2, 0.25) is 0 Å². The van der Waals surface area contributed by atoms with Crippen LogP contribution in [0.25, 0.3) is 11.4 Å². The van der Waals surface area contributed by atoms with Crippen LogP contribution in [0, 0.1) is 0 Å². The monoisotopic (exact) mass is 382 g/mol. The summed E-state index contributed by atoms with van der Waals surface area (Å²) in [5.41, 5.74) is 6.63. The number of pyridine rings is 2. The Labute approximate surface area is 158 Å². The molecule has 0 saturated heterocycles. The van der Waals surface area contributed by atoms with Gasteiger partial charge in [-0.25, -0.2) is 0 Å². The minimum atomic E-state index is -1.13. The lowest BCUT2D eigenvalue weighted by Crippen LogP contribution is -2.47. The lowest BCUT2D eigenvalue weighted by atomic mass is 10.0. The third-order valence-corrected chi connectivity index (χ3v) is 4.19. The number of primary amides is 1. The van der Waals surface area contributed by atoms with Crippen molar-refractivity contribution in [2.45, 2.75) is 12.5 Å². The number of nitrogens with two attached hydrogens (primary N) is 1. The third kappa shape index (κ3) is 4.36. The molecule has 10 heteroatoms. The highest BCUT2D eigenvalue weighted by Crippen LogP contribution is 2.19. The van der Waals surface area contributed by atoms with Crippen LogP contribution in [0.15, 0.2) is 48.9 Å². The molecule has 9 nitrogen and oxygen atoms in total. The van der Waals surface area contributed by atoms with E-state index >= 15 is 0 Å². The van der Waals surface area contributed by atoms with Crippen molar-refractivity contribution in [2.24, 2.45) is 5.73 Å². The second-order valence-electron chi connectivity index (χ2n) is 5.49. The Morgan fingerprint density at radius 2 is 1.85 bits per heavy atom. The number of amides is 2. The first kappa shape index (κ1) is 18.3. The molecule has 1 atom stereocenters. The van der Waals surface area contributed by atoms with Gasteiger partial charge in [0.2, 0.25) is 5.78 Å². The molecule has 0 spiro atoms. The van der Waals surface area contributed by atoms with Crippen LogP contribution in [-0.4, -0.2) is 42.4 Å². The summed E-state index contributed by atoms with van der Waals surface area (Å²) in [4.78, 5) is 44.2. The number of ketones is 1. The summed E-state index contributed by atoms with van der Waals surface area (Å²) < 4.78 is 8.10. The van der Waals surface area contributed by atoms with E-state index in [4.69, 9.17) is 5.73 Å². The highest BCUT2D eigenvalue weighted by molar-refractivity contribution is 6.99. The van der Waals surface area contributed by atoms with Crippen molar-refractivity contribution in [3.05, 3.63) is 60.2 Å². The maximum Gasteiger partial charge on any atom is 0.287 e. The highest BCUT2D eigenvalue weighted by atomic mass is 32.1. The van der Waals surface area contributed by atoms with Gasteiger partial charge >= 0.3 is 0 Å². The second-order valence-corrected chi connectivity index (χ2v) is 6.02. The van der Waals surface area contributed by atoms with Crippen molar-refractivity contribution < 1.29 is 14.4 Å². The molecule has 27 heavy (non-hydrogen) atoms. The van der Waals surface area contributed by atoms with Crippen LogP contribution >= 0.6 is 11.7 Å². The lowest BCUT2D eigenvalue weighted by molar-refractivity contribution is -0.137. The van der Waals surface area contributed by atoms with Crippen molar-refractivity contribution in [3.8, 4) is 11.4 Å². The van der Waals surface area contributed by atoms with E-state index in [2.05, 4.69) is 24.0 Å². The number of nitrogens with one attached hydrogen (secondary N) is 1. The van der Waals surface area contributed by atoms with E-state index in [-0.39, 0.29) is 12.1 Å². The number of nitrogens with zero attached hydrogens (tertiary/aromatic N) is 4. The van der Waals surface area contributed by atoms with Gasteiger partial charge in [0, 0.05) is 25.0 Å². The highest BCUT2D eigenvalue weighted by Gasteiger charge is 2.28. The normalized spacial score (nSPS) is 11.6. The van der Waals surface area contributed by atoms with Gasteiger partial charge in [0.1, 0.15) is 11.7 Å². The summed E-state index contributed by atoms with van der Waals surface area (Å²) in [6, 6.07) is 7.41. The van der Waals surface area contributed by atoms with Gasteiger partial charge in [0.05, 0.1) is 17.4 Å². The van der Waals surface area contributed by atoms with Crippen LogP contribution in [0.1, 0.15) is 16.1 Å². The van der Waals surface area contributed by atoms with Crippen molar-refractivity contribution in [1.29, 1.82) is 0 Å². The van der Waals surface area contributed by atoms with Crippen molar-refractivity contribution >= 4 is 29.3 Å². The first-order chi connectivity index (χ1) is 13.1. The smallest absolute Gasteiger partial charge is 0.287 e. The summed E-state index contributed by atoms with van der Waals surface area (Å²) in [5, 5.41) is 2.53. The summed E-state index contributed by atoms with van der Waals surface area (Å²) in [5.74, 6) is -2.67. The lowest BCUT2D eigenvalue weighted by Gasteiger charge is -2.15. The van der Waals surface area contributed by atoms with Gasteiger partial charge in [-0.3, -0.25) is 24.4 Å². The fraction of sp³-hybridized carbons (Fsp3) is 0.118. The molecular weight excluding hydrogens is 368 g/mol. The Morgan fingerprint density at radius 1 is 1.07 bits per heavy atom. The number of hydrogen-bond donors (Lipinski definition) is 2. The van der Waals surface area contributed by atoms with Crippen LogP contribution in [0.4, 0.5) is 0 Å². The summed E-state index contributed by atoms with van der Waals surface area (Å²) in [7, 11) is 0. The number of Topliss-reactive ketones (excluding diaryl/α,β-unsaturated/α-hetero) is 1. The van der Waals surface area contributed by atoms with Crippen LogP contribution in [-0.2, 0) is 16.0 Å². The van der Waals surface area contributed by atoms with Crippen molar-refractivity contribution in [2.75, 3.05) is 0 Å². The van der Waals surface area contributed by atoms with E-state index in [0.717, 1.165) is 11.7 Å². The zero-order valence-corrected chi connectivity index (χ0v) is 14.7. The molecule has 0 aliphatic rings. The van der Waals surface area contributed by atoms with Gasteiger partial charge in [0.15, 0.2) is 5.69 Å². The van der Waals surface area contributed by atoms with Crippen molar-refractivity contribution in [1.82, 2.24) is 24.0 Å². The molecule has 0 radical (unpaired) electrons. The number of carbonyl (C=O) groups excluding carboxylic acids is 3. The first-order valence-electron chi connectivity index (χ1n) is 7.83. The molecule has 0 bridgehead atoms. The minimum absolute atomic E-state index is 0.0238. The van der Waals surface area contributed by atoms with Crippen LogP contribution in [0.5, 0.6) is 0 Å². The Kier molecular flexibility index (Phi) is 5.57. The van der Waals surface area contributed by atoms with Gasteiger partial charge in [-0.2, -0.15) is 8.75 Å². The van der Waals surface area contributed by atoms with E-state index in [1.54, 1.807) is 48.9 Å². The molecule has 0 saturated carbocycles. The van der Waals surface area contributed by atoms with E-state index in [1.807, 2.05) is 0 Å². The molecule has 0 aliphatic carbocycles. The zero-order valence-electron chi connectivity index (χ0n) is 13.9. The molecule has 2 amide bonds. The molecular formula is C17H14N6O3S. The average molecular weight is 382 g/mol. The van der Waals surface area contributed by atoms with Crippen molar-refractivity contribution in [3.63, 3.8) is 0 Å². The summed E-state index contributed by atoms with van der Waals surface area (Å²) in [6.07, 6.45) is 4.75. The quantitative estimate of drug-likeness (QED) is 0.563. The Balaban J connectivity index is 1.84.